The van der Waals surface area contributed by atoms with E-state index in [2.05, 4.69) is 0 Å². The van der Waals surface area contributed by atoms with Crippen LogP contribution in [0, 0.1) is 11.7 Å². The fraction of sp³-hybridized carbons (Fsp3) is 0.600. The van der Waals surface area contributed by atoms with Crippen molar-refractivity contribution in [2.45, 2.75) is 49.5 Å². The standard InChI is InChI=1S/C15H20FNO2S/c16-13-7-9-14(10-8-13)20(18,19)17-11-3-6-15(17)12-4-1-2-5-12/h7-10,12,15H,1-6,11H2. The number of nitrogens with zero attached hydrogens (tertiary/aromatic N) is 1. The molecule has 2 aliphatic rings. The average molecular weight is 297 g/mol. The largest absolute Gasteiger partial charge is 0.243 e. The summed E-state index contributed by atoms with van der Waals surface area (Å²) in [7, 11) is -3.48. The van der Waals surface area contributed by atoms with Crippen LogP contribution < -0.4 is 0 Å². The first-order chi connectivity index (χ1) is 9.59. The van der Waals surface area contributed by atoms with Gasteiger partial charge in [0.2, 0.25) is 10.0 Å². The molecule has 0 radical (unpaired) electrons. The quantitative estimate of drug-likeness (QED) is 0.859. The van der Waals surface area contributed by atoms with Gasteiger partial charge in [-0.25, -0.2) is 12.8 Å². The molecular weight excluding hydrogens is 277 g/mol. The van der Waals surface area contributed by atoms with E-state index in [-0.39, 0.29) is 10.9 Å². The van der Waals surface area contributed by atoms with Gasteiger partial charge in [-0.15, -0.1) is 0 Å². The predicted octanol–water partition coefficient (Wildman–Crippen LogP) is 3.17. The van der Waals surface area contributed by atoms with Crippen LogP contribution in [0.1, 0.15) is 38.5 Å². The lowest BCUT2D eigenvalue weighted by molar-refractivity contribution is 0.288. The molecule has 0 bridgehead atoms. The molecule has 20 heavy (non-hydrogen) atoms. The highest BCUT2D eigenvalue weighted by Gasteiger charge is 2.40. The minimum absolute atomic E-state index is 0.146. The minimum Gasteiger partial charge on any atom is -0.207 e. The van der Waals surface area contributed by atoms with Crippen molar-refractivity contribution >= 4 is 10.0 Å². The van der Waals surface area contributed by atoms with Gasteiger partial charge in [-0.2, -0.15) is 4.31 Å². The third-order valence-electron chi connectivity index (χ3n) is 4.61. The predicted molar refractivity (Wildman–Crippen MR) is 75.3 cm³/mol. The Kier molecular flexibility index (Phi) is 3.82. The van der Waals surface area contributed by atoms with E-state index in [1.807, 2.05) is 0 Å². The van der Waals surface area contributed by atoms with E-state index < -0.39 is 15.8 Å². The zero-order valence-electron chi connectivity index (χ0n) is 11.5. The molecule has 110 valence electrons. The van der Waals surface area contributed by atoms with Gasteiger partial charge in [-0.3, -0.25) is 0 Å². The van der Waals surface area contributed by atoms with Gasteiger partial charge in [0.25, 0.3) is 0 Å². The first kappa shape index (κ1) is 14.0. The van der Waals surface area contributed by atoms with Gasteiger partial charge in [0.15, 0.2) is 0 Å². The van der Waals surface area contributed by atoms with Crippen molar-refractivity contribution in [3.05, 3.63) is 30.1 Å². The van der Waals surface area contributed by atoms with Crippen LogP contribution >= 0.6 is 0 Å². The fourth-order valence-corrected chi connectivity index (χ4v) is 5.37. The number of rotatable bonds is 3. The van der Waals surface area contributed by atoms with Crippen molar-refractivity contribution in [2.75, 3.05) is 6.54 Å². The van der Waals surface area contributed by atoms with Gasteiger partial charge in [-0.1, -0.05) is 12.8 Å². The van der Waals surface area contributed by atoms with E-state index in [9.17, 15) is 12.8 Å². The van der Waals surface area contributed by atoms with Gasteiger partial charge < -0.3 is 0 Å². The molecule has 1 saturated heterocycles. The second-order valence-electron chi connectivity index (χ2n) is 5.82. The highest BCUT2D eigenvalue weighted by Crippen LogP contribution is 2.37. The molecule has 1 heterocycles. The van der Waals surface area contributed by atoms with Crippen molar-refractivity contribution in [1.82, 2.24) is 4.31 Å². The van der Waals surface area contributed by atoms with E-state index in [4.69, 9.17) is 0 Å². The summed E-state index contributed by atoms with van der Waals surface area (Å²) in [4.78, 5) is 0.212. The Bertz CT molecular complexity index is 564. The second kappa shape index (κ2) is 5.45. The summed E-state index contributed by atoms with van der Waals surface area (Å²) >= 11 is 0. The second-order valence-corrected chi connectivity index (χ2v) is 7.71. The number of hydrogen-bond acceptors (Lipinski definition) is 2. The molecule has 0 N–H and O–H groups in total. The van der Waals surface area contributed by atoms with Crippen LogP contribution in [0.3, 0.4) is 0 Å². The summed E-state index contributed by atoms with van der Waals surface area (Å²) in [5.41, 5.74) is 0. The molecule has 1 aromatic rings. The highest BCUT2D eigenvalue weighted by molar-refractivity contribution is 7.89. The fourth-order valence-electron chi connectivity index (χ4n) is 3.62. The minimum atomic E-state index is -3.48. The molecule has 3 nitrogen and oxygen atoms in total. The van der Waals surface area contributed by atoms with E-state index in [1.165, 1.54) is 37.1 Å². The van der Waals surface area contributed by atoms with Gasteiger partial charge in [-0.05, 0) is 55.9 Å². The normalized spacial score (nSPS) is 25.4. The van der Waals surface area contributed by atoms with Crippen LogP contribution in [0.2, 0.25) is 0 Å². The smallest absolute Gasteiger partial charge is 0.207 e. The number of halogens is 1. The molecule has 0 aromatic heterocycles. The zero-order chi connectivity index (χ0) is 14.2. The molecule has 2 fully saturated rings. The first-order valence-corrected chi connectivity index (χ1v) is 8.80. The molecular formula is C15H20FNO2S. The summed E-state index contributed by atoms with van der Waals surface area (Å²) in [5.74, 6) is 0.102. The zero-order valence-corrected chi connectivity index (χ0v) is 12.3. The molecule has 0 spiro atoms. The Labute approximate surface area is 119 Å². The first-order valence-electron chi connectivity index (χ1n) is 7.36. The van der Waals surface area contributed by atoms with E-state index in [0.717, 1.165) is 25.7 Å². The average Bonchev–Trinajstić information content (AvgIpc) is 3.10. The molecule has 1 unspecified atom stereocenters. The number of hydrogen-bond donors (Lipinski definition) is 0. The SMILES string of the molecule is O=S(=O)(c1ccc(F)cc1)N1CCCC1C1CCCC1. The van der Waals surface area contributed by atoms with E-state index in [0.29, 0.717) is 12.5 Å². The topological polar surface area (TPSA) is 37.4 Å². The number of sulfonamides is 1. The van der Waals surface area contributed by atoms with Gasteiger partial charge in [0.1, 0.15) is 5.82 Å². The third kappa shape index (κ3) is 2.49. The van der Waals surface area contributed by atoms with Crippen molar-refractivity contribution in [3.63, 3.8) is 0 Å². The molecule has 1 atom stereocenters. The Hall–Kier alpha value is -0.940. The highest BCUT2D eigenvalue weighted by atomic mass is 32.2. The Morgan fingerprint density at radius 2 is 1.65 bits per heavy atom. The van der Waals surface area contributed by atoms with Crippen molar-refractivity contribution in [2.24, 2.45) is 5.92 Å². The molecule has 3 rings (SSSR count). The summed E-state index contributed by atoms with van der Waals surface area (Å²) in [6, 6.07) is 5.32. The van der Waals surface area contributed by atoms with Crippen molar-refractivity contribution in [3.8, 4) is 0 Å². The van der Waals surface area contributed by atoms with Crippen LogP contribution in [0.25, 0.3) is 0 Å². The van der Waals surface area contributed by atoms with Gasteiger partial charge in [0.05, 0.1) is 4.90 Å². The maximum atomic E-state index is 13.0. The van der Waals surface area contributed by atoms with Crippen LogP contribution in [-0.2, 0) is 10.0 Å². The lowest BCUT2D eigenvalue weighted by atomic mass is 9.97. The number of benzene rings is 1. The molecule has 1 aromatic carbocycles. The molecule has 1 aliphatic carbocycles. The maximum absolute atomic E-state index is 13.0. The van der Waals surface area contributed by atoms with Crippen molar-refractivity contribution in [1.29, 1.82) is 0 Å². The lowest BCUT2D eigenvalue weighted by Crippen LogP contribution is -2.39. The van der Waals surface area contributed by atoms with Crippen LogP contribution in [0.5, 0.6) is 0 Å². The van der Waals surface area contributed by atoms with Gasteiger partial charge >= 0.3 is 0 Å². The summed E-state index contributed by atoms with van der Waals surface area (Å²) < 4.78 is 40.1. The molecule has 0 amide bonds. The summed E-state index contributed by atoms with van der Waals surface area (Å²) in [6.45, 7) is 0.598. The van der Waals surface area contributed by atoms with Crippen molar-refractivity contribution < 1.29 is 12.8 Å². The van der Waals surface area contributed by atoms with Gasteiger partial charge in [0, 0.05) is 12.6 Å². The Morgan fingerprint density at radius 3 is 2.30 bits per heavy atom. The molecule has 5 heteroatoms. The van der Waals surface area contributed by atoms with Crippen LogP contribution in [0.4, 0.5) is 4.39 Å². The third-order valence-corrected chi connectivity index (χ3v) is 6.55. The monoisotopic (exact) mass is 297 g/mol. The summed E-state index contributed by atoms with van der Waals surface area (Å²) in [5, 5.41) is 0. The molecule has 1 aliphatic heterocycles. The Balaban J connectivity index is 1.87. The van der Waals surface area contributed by atoms with E-state index in [1.54, 1.807) is 4.31 Å². The summed E-state index contributed by atoms with van der Waals surface area (Å²) in [6.07, 6.45) is 6.60. The van der Waals surface area contributed by atoms with E-state index >= 15 is 0 Å². The molecule has 1 saturated carbocycles. The maximum Gasteiger partial charge on any atom is 0.243 e. The lowest BCUT2D eigenvalue weighted by Gasteiger charge is -2.28. The van der Waals surface area contributed by atoms with Crippen LogP contribution in [-0.4, -0.2) is 25.3 Å². The van der Waals surface area contributed by atoms with Crippen LogP contribution in [0.15, 0.2) is 29.2 Å². The Morgan fingerprint density at radius 1 is 1.00 bits per heavy atom.